The van der Waals surface area contributed by atoms with Crippen LogP contribution in [0.25, 0.3) is 6.08 Å². The number of aryl methyl sites for hydroxylation is 1. The van der Waals surface area contributed by atoms with E-state index in [-0.39, 0.29) is 11.5 Å². The maximum absolute atomic E-state index is 12.9. The van der Waals surface area contributed by atoms with Crippen LogP contribution in [0.3, 0.4) is 0 Å². The third-order valence-corrected chi connectivity index (χ3v) is 5.18. The van der Waals surface area contributed by atoms with Crippen LogP contribution in [0.15, 0.2) is 47.4 Å². The van der Waals surface area contributed by atoms with Crippen molar-refractivity contribution in [2.24, 2.45) is 0 Å². The predicted molar refractivity (Wildman–Crippen MR) is 107 cm³/mol. The van der Waals surface area contributed by atoms with Gasteiger partial charge in [0.2, 0.25) is 0 Å². The minimum absolute atomic E-state index is 0.108. The van der Waals surface area contributed by atoms with E-state index < -0.39 is 5.97 Å². The number of hydrogen-bond acceptors (Lipinski definition) is 5. The molecule has 0 radical (unpaired) electrons. The van der Waals surface area contributed by atoms with Gasteiger partial charge in [0, 0.05) is 0 Å². The van der Waals surface area contributed by atoms with Crippen molar-refractivity contribution < 1.29 is 19.4 Å². The van der Waals surface area contributed by atoms with Crippen LogP contribution in [0, 0.1) is 6.92 Å². The van der Waals surface area contributed by atoms with Crippen LogP contribution in [0.4, 0.5) is 5.69 Å². The van der Waals surface area contributed by atoms with E-state index in [4.69, 9.17) is 17.0 Å². The van der Waals surface area contributed by atoms with Crippen LogP contribution in [0.1, 0.15) is 21.5 Å². The Morgan fingerprint density at radius 1 is 1.27 bits per heavy atom. The Bertz CT molecular complexity index is 952. The summed E-state index contributed by atoms with van der Waals surface area (Å²) in [6.07, 6.45) is 1.75. The molecule has 0 aliphatic carbocycles. The number of amides is 1. The van der Waals surface area contributed by atoms with Crippen LogP contribution < -0.4 is 9.64 Å². The van der Waals surface area contributed by atoms with Crippen molar-refractivity contribution in [2.45, 2.75) is 6.92 Å². The lowest BCUT2D eigenvalue weighted by atomic mass is 10.1. The van der Waals surface area contributed by atoms with Crippen LogP contribution in [-0.4, -0.2) is 28.4 Å². The fourth-order valence-corrected chi connectivity index (χ4v) is 3.83. The van der Waals surface area contributed by atoms with Gasteiger partial charge in [0.05, 0.1) is 23.3 Å². The highest BCUT2D eigenvalue weighted by Crippen LogP contribution is 2.37. The van der Waals surface area contributed by atoms with Crippen molar-refractivity contribution in [3.8, 4) is 5.75 Å². The second-order valence-electron chi connectivity index (χ2n) is 5.60. The Hall–Kier alpha value is -2.64. The molecule has 2 aromatic carbocycles. The van der Waals surface area contributed by atoms with Gasteiger partial charge < -0.3 is 9.84 Å². The fraction of sp³-hybridized carbons (Fsp3) is 0.105. The molecule has 1 heterocycles. The number of rotatable bonds is 4. The van der Waals surface area contributed by atoms with Crippen molar-refractivity contribution in [1.82, 2.24) is 0 Å². The van der Waals surface area contributed by atoms with Crippen molar-refractivity contribution in [3.05, 3.63) is 64.1 Å². The van der Waals surface area contributed by atoms with E-state index in [0.29, 0.717) is 20.7 Å². The molecule has 0 atom stereocenters. The number of ether oxygens (including phenoxy) is 1. The highest BCUT2D eigenvalue weighted by Gasteiger charge is 2.34. The van der Waals surface area contributed by atoms with Gasteiger partial charge in [0.15, 0.2) is 4.32 Å². The average Bonchev–Trinajstić information content (AvgIpc) is 2.89. The van der Waals surface area contributed by atoms with E-state index in [1.165, 1.54) is 28.8 Å². The maximum atomic E-state index is 12.9. The van der Waals surface area contributed by atoms with Gasteiger partial charge in [-0.25, -0.2) is 4.79 Å². The van der Waals surface area contributed by atoms with E-state index in [2.05, 4.69) is 0 Å². The molecule has 0 saturated carbocycles. The van der Waals surface area contributed by atoms with Gasteiger partial charge in [0.1, 0.15) is 5.75 Å². The smallest absolute Gasteiger partial charge is 0.335 e. The largest absolute Gasteiger partial charge is 0.497 e. The molecular weight excluding hydrogens is 370 g/mol. The molecule has 0 spiro atoms. The van der Waals surface area contributed by atoms with Crippen molar-refractivity contribution in [3.63, 3.8) is 0 Å². The standard InChI is InChI=1S/C19H15NO4S2/c1-11-6-7-13(18(22)23)10-15(11)20-17(21)16(26-19(20)25)9-12-4-3-5-14(8-12)24-2/h3-10H,1-2H3,(H,22,23)/b16-9-. The molecular formula is C19H15NO4S2. The lowest BCUT2D eigenvalue weighted by Gasteiger charge is -2.17. The Kier molecular flexibility index (Phi) is 5.11. The monoisotopic (exact) mass is 385 g/mol. The Labute approximate surface area is 160 Å². The van der Waals surface area contributed by atoms with Gasteiger partial charge in [-0.2, -0.15) is 0 Å². The van der Waals surface area contributed by atoms with Crippen molar-refractivity contribution in [2.75, 3.05) is 12.0 Å². The summed E-state index contributed by atoms with van der Waals surface area (Å²) >= 11 is 6.55. The van der Waals surface area contributed by atoms with Gasteiger partial charge in [-0.3, -0.25) is 9.69 Å². The number of thioether (sulfide) groups is 1. The number of carboxylic acid groups (broad SMARTS) is 1. The van der Waals surface area contributed by atoms with E-state index in [1.54, 1.807) is 19.3 Å². The number of nitrogens with zero attached hydrogens (tertiary/aromatic N) is 1. The molecule has 5 nitrogen and oxygen atoms in total. The summed E-state index contributed by atoms with van der Waals surface area (Å²) < 4.78 is 5.57. The normalized spacial score (nSPS) is 15.6. The first-order valence-corrected chi connectivity index (χ1v) is 8.89. The number of methoxy groups -OCH3 is 1. The zero-order chi connectivity index (χ0) is 18.8. The SMILES string of the molecule is COc1cccc(/C=C2\SC(=S)N(c3cc(C(=O)O)ccc3C)C2=O)c1. The lowest BCUT2D eigenvalue weighted by Crippen LogP contribution is -2.28. The first-order chi connectivity index (χ1) is 12.4. The second-order valence-corrected chi connectivity index (χ2v) is 7.28. The Balaban J connectivity index is 1.98. The maximum Gasteiger partial charge on any atom is 0.335 e. The quantitative estimate of drug-likeness (QED) is 0.631. The molecule has 0 bridgehead atoms. The number of aromatic carboxylic acids is 1. The molecule has 0 aromatic heterocycles. The molecule has 2 aromatic rings. The summed E-state index contributed by atoms with van der Waals surface area (Å²) in [5, 5.41) is 9.21. The van der Waals surface area contributed by atoms with Crippen LogP contribution in [0.2, 0.25) is 0 Å². The summed E-state index contributed by atoms with van der Waals surface area (Å²) in [7, 11) is 1.58. The summed E-state index contributed by atoms with van der Waals surface area (Å²) in [4.78, 5) is 26.0. The third kappa shape index (κ3) is 3.49. The molecule has 3 rings (SSSR count). The summed E-state index contributed by atoms with van der Waals surface area (Å²) in [5.74, 6) is -0.628. The zero-order valence-electron chi connectivity index (χ0n) is 14.1. The van der Waals surface area contributed by atoms with Gasteiger partial charge in [0.25, 0.3) is 5.91 Å². The van der Waals surface area contributed by atoms with E-state index >= 15 is 0 Å². The second kappa shape index (κ2) is 7.31. The number of carbonyl (C=O) groups excluding carboxylic acids is 1. The molecule has 26 heavy (non-hydrogen) atoms. The number of carboxylic acids is 1. The van der Waals surface area contributed by atoms with E-state index in [0.717, 1.165) is 11.1 Å². The third-order valence-electron chi connectivity index (χ3n) is 3.88. The number of hydrogen-bond donors (Lipinski definition) is 1. The number of anilines is 1. The van der Waals surface area contributed by atoms with Gasteiger partial charge in [-0.05, 0) is 48.4 Å². The number of benzene rings is 2. The molecule has 1 N–H and O–H groups in total. The van der Waals surface area contributed by atoms with Crippen LogP contribution >= 0.6 is 24.0 Å². The van der Waals surface area contributed by atoms with Crippen molar-refractivity contribution >= 4 is 51.9 Å². The fourth-order valence-electron chi connectivity index (χ4n) is 2.54. The minimum Gasteiger partial charge on any atom is -0.497 e. The first kappa shape index (κ1) is 18.2. The minimum atomic E-state index is -1.05. The molecule has 1 aliphatic heterocycles. The zero-order valence-corrected chi connectivity index (χ0v) is 15.7. The topological polar surface area (TPSA) is 66.8 Å². The van der Waals surface area contributed by atoms with Gasteiger partial charge in [-0.1, -0.05) is 42.2 Å². The molecule has 1 amide bonds. The molecule has 1 fully saturated rings. The Morgan fingerprint density at radius 3 is 2.73 bits per heavy atom. The first-order valence-electron chi connectivity index (χ1n) is 7.66. The summed E-state index contributed by atoms with van der Waals surface area (Å²) in [6, 6.07) is 12.0. The highest BCUT2D eigenvalue weighted by molar-refractivity contribution is 8.27. The van der Waals surface area contributed by atoms with Crippen LogP contribution in [-0.2, 0) is 4.79 Å². The van der Waals surface area contributed by atoms with Crippen LogP contribution in [0.5, 0.6) is 5.75 Å². The summed E-state index contributed by atoms with van der Waals surface area (Å²) in [6.45, 7) is 1.81. The Morgan fingerprint density at radius 2 is 2.04 bits per heavy atom. The number of carbonyl (C=O) groups is 2. The molecule has 0 unspecified atom stereocenters. The lowest BCUT2D eigenvalue weighted by molar-refractivity contribution is -0.113. The molecule has 132 valence electrons. The average molecular weight is 385 g/mol. The molecule has 7 heteroatoms. The van der Waals surface area contributed by atoms with Gasteiger partial charge >= 0.3 is 5.97 Å². The van der Waals surface area contributed by atoms with E-state index in [9.17, 15) is 14.7 Å². The summed E-state index contributed by atoms with van der Waals surface area (Å²) in [5.41, 5.74) is 2.19. The van der Waals surface area contributed by atoms with E-state index in [1.807, 2.05) is 31.2 Å². The van der Waals surface area contributed by atoms with Gasteiger partial charge in [-0.15, -0.1) is 0 Å². The molecule has 1 saturated heterocycles. The predicted octanol–water partition coefficient (Wildman–Crippen LogP) is 4.11. The number of thiocarbonyl (C=S) groups is 1. The highest BCUT2D eigenvalue weighted by atomic mass is 32.2. The molecule has 1 aliphatic rings. The van der Waals surface area contributed by atoms with Crippen molar-refractivity contribution in [1.29, 1.82) is 0 Å².